The van der Waals surface area contributed by atoms with Crippen molar-refractivity contribution in [3.8, 4) is 11.3 Å². The van der Waals surface area contributed by atoms with Gasteiger partial charge in [0.1, 0.15) is 12.0 Å². The summed E-state index contributed by atoms with van der Waals surface area (Å²) in [6.45, 7) is 3.38. The molecule has 1 N–H and O–H groups in total. The summed E-state index contributed by atoms with van der Waals surface area (Å²) in [5, 5.41) is 9.23. The van der Waals surface area contributed by atoms with Gasteiger partial charge < -0.3 is 9.52 Å². The first-order valence-electron chi connectivity index (χ1n) is 5.98. The van der Waals surface area contributed by atoms with Crippen LogP contribution in [0.15, 0.2) is 34.9 Å². The minimum absolute atomic E-state index is 0.139. The minimum Gasteiger partial charge on any atom is -0.448 e. The molecule has 2 rings (SSSR count). The number of nitrogens with zero attached hydrogens (tertiary/aromatic N) is 1. The molecule has 108 valence electrons. The van der Waals surface area contributed by atoms with Gasteiger partial charge in [-0.1, -0.05) is 12.1 Å². The van der Waals surface area contributed by atoms with Crippen LogP contribution in [0.5, 0.6) is 0 Å². The molecule has 0 unspecified atom stereocenters. The summed E-state index contributed by atoms with van der Waals surface area (Å²) in [6.07, 6.45) is -2.98. The van der Waals surface area contributed by atoms with Crippen molar-refractivity contribution < 1.29 is 22.7 Å². The molecule has 3 nitrogen and oxygen atoms in total. The number of oxazole rings is 1. The normalized spacial score (nSPS) is 12.7. The molecule has 0 saturated heterocycles. The third-order valence-electron chi connectivity index (χ3n) is 2.99. The van der Waals surface area contributed by atoms with Crippen molar-refractivity contribution in [1.82, 2.24) is 4.98 Å². The van der Waals surface area contributed by atoms with Crippen LogP contribution < -0.4 is 0 Å². The van der Waals surface area contributed by atoms with Crippen LogP contribution in [0, 0.1) is 0 Å². The molecule has 1 heterocycles. The van der Waals surface area contributed by atoms with Crippen LogP contribution in [0.25, 0.3) is 11.3 Å². The quantitative estimate of drug-likeness (QED) is 0.936. The summed E-state index contributed by atoms with van der Waals surface area (Å²) in [7, 11) is 0. The van der Waals surface area contributed by atoms with Gasteiger partial charge in [-0.25, -0.2) is 4.98 Å². The van der Waals surface area contributed by atoms with E-state index in [1.54, 1.807) is 13.8 Å². The Morgan fingerprint density at radius 3 is 2.25 bits per heavy atom. The van der Waals surface area contributed by atoms with E-state index < -0.39 is 17.2 Å². The van der Waals surface area contributed by atoms with Gasteiger partial charge in [0.2, 0.25) is 5.89 Å². The predicted octanol–water partition coefficient (Wildman–Crippen LogP) is 3.63. The third kappa shape index (κ3) is 2.85. The lowest BCUT2D eigenvalue weighted by Gasteiger charge is -2.16. The Labute approximate surface area is 114 Å². The van der Waals surface area contributed by atoms with Crippen LogP contribution in [0.1, 0.15) is 25.3 Å². The van der Waals surface area contributed by atoms with Gasteiger partial charge in [0.05, 0.1) is 17.6 Å². The zero-order valence-electron chi connectivity index (χ0n) is 11.0. The Morgan fingerprint density at radius 1 is 1.15 bits per heavy atom. The van der Waals surface area contributed by atoms with Gasteiger partial charge in [-0.3, -0.25) is 0 Å². The number of benzene rings is 1. The summed E-state index contributed by atoms with van der Waals surface area (Å²) in [5.74, 6) is 0.342. The van der Waals surface area contributed by atoms with Gasteiger partial charge in [0.15, 0.2) is 0 Å². The van der Waals surface area contributed by atoms with Crippen molar-refractivity contribution >= 4 is 0 Å². The van der Waals surface area contributed by atoms with E-state index in [0.29, 0.717) is 17.1 Å². The molecule has 0 aliphatic carbocycles. The molecule has 0 fully saturated rings. The average molecular weight is 285 g/mol. The number of alkyl halides is 3. The fraction of sp³-hybridized carbons (Fsp3) is 0.357. The number of hydrogen-bond acceptors (Lipinski definition) is 3. The van der Waals surface area contributed by atoms with Crippen LogP contribution >= 0.6 is 0 Å². The maximum Gasteiger partial charge on any atom is 0.416 e. The van der Waals surface area contributed by atoms with E-state index in [9.17, 15) is 18.3 Å². The SMILES string of the molecule is CC(C)(CO)c1nc(-c2ccc(C(F)(F)F)cc2)co1. The fourth-order valence-corrected chi connectivity index (χ4v) is 1.61. The Morgan fingerprint density at radius 2 is 1.75 bits per heavy atom. The van der Waals surface area contributed by atoms with Crippen molar-refractivity contribution in [2.24, 2.45) is 0 Å². The summed E-state index contributed by atoms with van der Waals surface area (Å²) in [5.41, 5.74) is -0.373. The largest absolute Gasteiger partial charge is 0.448 e. The lowest BCUT2D eigenvalue weighted by atomic mass is 9.95. The highest BCUT2D eigenvalue weighted by atomic mass is 19.4. The Kier molecular flexibility index (Phi) is 3.60. The molecule has 1 aromatic carbocycles. The summed E-state index contributed by atoms with van der Waals surface area (Å²) in [6, 6.07) is 4.69. The standard InChI is InChI=1S/C14H14F3NO2/c1-13(2,8-19)12-18-11(7-20-12)9-3-5-10(6-4-9)14(15,16)17/h3-7,19H,8H2,1-2H3. The molecule has 6 heteroatoms. The molecule has 0 aliphatic heterocycles. The van der Waals surface area contributed by atoms with Crippen LogP contribution in [-0.2, 0) is 11.6 Å². The fourth-order valence-electron chi connectivity index (χ4n) is 1.61. The Hall–Kier alpha value is -1.82. The smallest absolute Gasteiger partial charge is 0.416 e. The van der Waals surface area contributed by atoms with Crippen LogP contribution in [-0.4, -0.2) is 16.7 Å². The van der Waals surface area contributed by atoms with Crippen molar-refractivity contribution in [3.05, 3.63) is 42.0 Å². The average Bonchev–Trinajstić information content (AvgIpc) is 2.88. The molecule has 0 spiro atoms. The van der Waals surface area contributed by atoms with Crippen molar-refractivity contribution in [1.29, 1.82) is 0 Å². The van der Waals surface area contributed by atoms with Gasteiger partial charge in [0, 0.05) is 5.56 Å². The number of rotatable bonds is 3. The first-order valence-corrected chi connectivity index (χ1v) is 5.98. The second kappa shape index (κ2) is 4.94. The van der Waals surface area contributed by atoms with Gasteiger partial charge >= 0.3 is 6.18 Å². The van der Waals surface area contributed by atoms with E-state index >= 15 is 0 Å². The maximum atomic E-state index is 12.5. The summed E-state index contributed by atoms with van der Waals surface area (Å²) >= 11 is 0. The molecule has 2 aromatic rings. The maximum absolute atomic E-state index is 12.5. The highest BCUT2D eigenvalue weighted by Gasteiger charge is 2.30. The lowest BCUT2D eigenvalue weighted by molar-refractivity contribution is -0.137. The van der Waals surface area contributed by atoms with Crippen LogP contribution in [0.2, 0.25) is 0 Å². The molecule has 0 aliphatic rings. The zero-order chi connectivity index (χ0) is 15.0. The molecular formula is C14H14F3NO2. The van der Waals surface area contributed by atoms with Crippen LogP contribution in [0.3, 0.4) is 0 Å². The van der Waals surface area contributed by atoms with E-state index in [-0.39, 0.29) is 6.61 Å². The highest BCUT2D eigenvalue weighted by molar-refractivity contribution is 5.58. The minimum atomic E-state index is -4.35. The van der Waals surface area contributed by atoms with Crippen molar-refractivity contribution in [2.45, 2.75) is 25.4 Å². The number of aliphatic hydroxyl groups is 1. The zero-order valence-corrected chi connectivity index (χ0v) is 11.0. The molecule has 0 amide bonds. The van der Waals surface area contributed by atoms with Gasteiger partial charge in [-0.2, -0.15) is 13.2 Å². The first kappa shape index (κ1) is 14.6. The predicted molar refractivity (Wildman–Crippen MR) is 67.1 cm³/mol. The highest BCUT2D eigenvalue weighted by Crippen LogP contribution is 2.31. The summed E-state index contributed by atoms with van der Waals surface area (Å²) in [4.78, 5) is 4.21. The van der Waals surface area contributed by atoms with Crippen molar-refractivity contribution in [3.63, 3.8) is 0 Å². The molecular weight excluding hydrogens is 271 g/mol. The number of aromatic nitrogens is 1. The van der Waals surface area contributed by atoms with E-state index in [4.69, 9.17) is 4.42 Å². The molecule has 0 radical (unpaired) electrons. The third-order valence-corrected chi connectivity index (χ3v) is 2.99. The topological polar surface area (TPSA) is 46.3 Å². The number of halogens is 3. The lowest BCUT2D eigenvalue weighted by Crippen LogP contribution is -2.22. The molecule has 1 aromatic heterocycles. The van der Waals surface area contributed by atoms with Gasteiger partial charge in [0.25, 0.3) is 0 Å². The second-order valence-corrected chi connectivity index (χ2v) is 5.16. The van der Waals surface area contributed by atoms with Crippen LogP contribution in [0.4, 0.5) is 13.2 Å². The van der Waals surface area contributed by atoms with E-state index in [2.05, 4.69) is 4.98 Å². The Bertz CT molecular complexity index is 585. The van der Waals surface area contributed by atoms with Gasteiger partial charge in [-0.15, -0.1) is 0 Å². The Balaban J connectivity index is 2.29. The second-order valence-electron chi connectivity index (χ2n) is 5.16. The molecule has 20 heavy (non-hydrogen) atoms. The molecule has 0 bridgehead atoms. The number of aliphatic hydroxyl groups excluding tert-OH is 1. The van der Waals surface area contributed by atoms with E-state index in [0.717, 1.165) is 12.1 Å². The van der Waals surface area contributed by atoms with Crippen molar-refractivity contribution in [2.75, 3.05) is 6.61 Å². The first-order chi connectivity index (χ1) is 9.24. The summed E-state index contributed by atoms with van der Waals surface area (Å²) < 4.78 is 42.7. The monoisotopic (exact) mass is 285 g/mol. The molecule has 0 saturated carbocycles. The molecule has 0 atom stereocenters. The van der Waals surface area contributed by atoms with E-state index in [1.165, 1.54) is 18.4 Å². The van der Waals surface area contributed by atoms with E-state index in [1.807, 2.05) is 0 Å². The van der Waals surface area contributed by atoms with Gasteiger partial charge in [-0.05, 0) is 26.0 Å². The number of hydrogen-bond donors (Lipinski definition) is 1.